The molecular formula is C20H22O3S2. The average Bonchev–Trinajstić information content (AvgIpc) is 3.25. The van der Waals surface area contributed by atoms with Gasteiger partial charge in [0, 0.05) is 15.5 Å². The maximum atomic E-state index is 12.3. The Morgan fingerprint density at radius 2 is 2.16 bits per heavy atom. The van der Waals surface area contributed by atoms with E-state index in [1.54, 1.807) is 30.0 Å². The standard InChI is InChI=1S/C20H22O3S2/c1-4-23-19(22)17-10-20(3)14-7-5-6-12(14)13-8-15(11(2)21)24-16(13)9-18(20)25-17/h8,10,18H,4-7,9H2,1-3H3. The lowest BCUT2D eigenvalue weighted by Gasteiger charge is -2.30. The van der Waals surface area contributed by atoms with Crippen LogP contribution in [0.2, 0.25) is 0 Å². The number of fused-ring (bicyclic) bond motifs is 4. The maximum absolute atomic E-state index is 12.3. The summed E-state index contributed by atoms with van der Waals surface area (Å²) in [6.07, 6.45) is 6.38. The minimum absolute atomic E-state index is 0.0896. The van der Waals surface area contributed by atoms with Crippen molar-refractivity contribution in [2.45, 2.75) is 51.7 Å². The van der Waals surface area contributed by atoms with Gasteiger partial charge in [0.1, 0.15) is 0 Å². The van der Waals surface area contributed by atoms with Crippen LogP contribution >= 0.6 is 23.1 Å². The first-order chi connectivity index (χ1) is 11.9. The predicted molar refractivity (Wildman–Crippen MR) is 103 cm³/mol. The van der Waals surface area contributed by atoms with E-state index in [2.05, 4.69) is 19.1 Å². The highest BCUT2D eigenvalue weighted by Gasteiger charge is 2.48. The van der Waals surface area contributed by atoms with Gasteiger partial charge in [0.15, 0.2) is 5.78 Å². The third-order valence-corrected chi connectivity index (χ3v) is 8.30. The molecule has 0 fully saturated rings. The monoisotopic (exact) mass is 374 g/mol. The highest BCUT2D eigenvalue weighted by Crippen LogP contribution is 2.59. The molecule has 2 atom stereocenters. The Balaban J connectivity index is 1.81. The second-order valence-electron chi connectivity index (χ2n) is 7.14. The van der Waals surface area contributed by atoms with Crippen LogP contribution < -0.4 is 0 Å². The van der Waals surface area contributed by atoms with E-state index >= 15 is 0 Å². The zero-order valence-corrected chi connectivity index (χ0v) is 16.4. The van der Waals surface area contributed by atoms with Crippen LogP contribution in [0.1, 0.15) is 60.1 Å². The van der Waals surface area contributed by atoms with Crippen molar-refractivity contribution in [2.75, 3.05) is 6.61 Å². The van der Waals surface area contributed by atoms with Crippen LogP contribution in [0.3, 0.4) is 0 Å². The quantitative estimate of drug-likeness (QED) is 0.551. The molecule has 132 valence electrons. The molecule has 0 saturated heterocycles. The number of hydrogen-bond donors (Lipinski definition) is 0. The lowest BCUT2D eigenvalue weighted by molar-refractivity contribution is -0.137. The number of allylic oxidation sites excluding steroid dienone is 3. The molecule has 5 heteroatoms. The number of Topliss-reactive ketones (excluding diaryl/α,β-unsaturated/α-hetero) is 1. The van der Waals surface area contributed by atoms with E-state index in [0.29, 0.717) is 11.9 Å². The van der Waals surface area contributed by atoms with Crippen molar-refractivity contribution < 1.29 is 14.3 Å². The van der Waals surface area contributed by atoms with Gasteiger partial charge < -0.3 is 4.74 Å². The van der Waals surface area contributed by atoms with Crippen molar-refractivity contribution >= 4 is 40.4 Å². The Labute approximate surface area is 156 Å². The molecule has 3 aliphatic rings. The van der Waals surface area contributed by atoms with E-state index in [-0.39, 0.29) is 17.2 Å². The van der Waals surface area contributed by atoms with Gasteiger partial charge in [-0.2, -0.15) is 0 Å². The Kier molecular flexibility index (Phi) is 4.19. The van der Waals surface area contributed by atoms with Crippen LogP contribution in [-0.2, 0) is 16.0 Å². The molecule has 0 bridgehead atoms. The second-order valence-corrected chi connectivity index (χ2v) is 9.52. The third-order valence-electron chi connectivity index (χ3n) is 5.57. The number of carbonyl (C=O) groups is 2. The number of thioether (sulfide) groups is 1. The van der Waals surface area contributed by atoms with Gasteiger partial charge >= 0.3 is 5.97 Å². The van der Waals surface area contributed by atoms with Crippen LogP contribution in [0.25, 0.3) is 5.57 Å². The lowest BCUT2D eigenvalue weighted by atomic mass is 9.76. The first kappa shape index (κ1) is 17.1. The van der Waals surface area contributed by atoms with Crippen LogP contribution in [0.15, 0.2) is 22.6 Å². The highest BCUT2D eigenvalue weighted by atomic mass is 32.2. The van der Waals surface area contributed by atoms with E-state index in [1.807, 2.05) is 6.92 Å². The van der Waals surface area contributed by atoms with Crippen molar-refractivity contribution in [2.24, 2.45) is 5.41 Å². The molecule has 3 nitrogen and oxygen atoms in total. The number of hydrogen-bond acceptors (Lipinski definition) is 5. The summed E-state index contributed by atoms with van der Waals surface area (Å²) >= 11 is 3.30. The zero-order valence-electron chi connectivity index (χ0n) is 14.8. The molecule has 2 unspecified atom stereocenters. The van der Waals surface area contributed by atoms with Gasteiger partial charge in [-0.25, -0.2) is 4.79 Å². The van der Waals surface area contributed by atoms with Gasteiger partial charge in [-0.1, -0.05) is 18.6 Å². The summed E-state index contributed by atoms with van der Waals surface area (Å²) in [7, 11) is 0. The summed E-state index contributed by atoms with van der Waals surface area (Å²) in [5.41, 5.74) is 4.10. The molecule has 0 aromatic carbocycles. The van der Waals surface area contributed by atoms with Gasteiger partial charge in [-0.3, -0.25) is 4.79 Å². The molecule has 1 aliphatic heterocycles. The molecule has 1 aromatic heterocycles. The molecular weight excluding hydrogens is 352 g/mol. The van der Waals surface area contributed by atoms with Gasteiger partial charge in [-0.15, -0.1) is 23.1 Å². The first-order valence-electron chi connectivity index (χ1n) is 8.87. The fourth-order valence-corrected chi connectivity index (χ4v) is 7.05. The smallest absolute Gasteiger partial charge is 0.344 e. The number of thiophene rings is 1. The van der Waals surface area contributed by atoms with E-state index in [4.69, 9.17) is 4.74 Å². The normalized spacial score (nSPS) is 27.3. The van der Waals surface area contributed by atoms with E-state index in [9.17, 15) is 9.59 Å². The van der Waals surface area contributed by atoms with E-state index in [0.717, 1.165) is 35.5 Å². The number of rotatable bonds is 3. The average molecular weight is 375 g/mol. The predicted octanol–water partition coefficient (Wildman–Crippen LogP) is 5.01. The van der Waals surface area contributed by atoms with Crippen LogP contribution in [0.5, 0.6) is 0 Å². The van der Waals surface area contributed by atoms with E-state index < -0.39 is 0 Å². The van der Waals surface area contributed by atoms with Crippen LogP contribution in [-0.4, -0.2) is 23.6 Å². The maximum Gasteiger partial charge on any atom is 0.344 e. The van der Waals surface area contributed by atoms with Crippen molar-refractivity contribution in [1.29, 1.82) is 0 Å². The molecule has 4 rings (SSSR count). The largest absolute Gasteiger partial charge is 0.462 e. The van der Waals surface area contributed by atoms with Crippen LogP contribution in [0, 0.1) is 5.41 Å². The molecule has 1 aromatic rings. The molecule has 2 heterocycles. The number of esters is 1. The minimum Gasteiger partial charge on any atom is -0.462 e. The summed E-state index contributed by atoms with van der Waals surface area (Å²) in [4.78, 5) is 27.1. The van der Waals surface area contributed by atoms with Crippen molar-refractivity contribution in [3.05, 3.63) is 37.9 Å². The Bertz CT molecular complexity index is 830. The van der Waals surface area contributed by atoms with Crippen molar-refractivity contribution in [1.82, 2.24) is 0 Å². The fourth-order valence-electron chi connectivity index (χ4n) is 4.33. The second kappa shape index (κ2) is 6.13. The SMILES string of the molecule is CCOC(=O)C1=CC2(C)C3=C(CCC3)c3cc(C(C)=O)sc3CC2S1. The molecule has 2 aliphatic carbocycles. The van der Waals surface area contributed by atoms with Gasteiger partial charge in [0.05, 0.1) is 16.4 Å². The molecule has 0 amide bonds. The zero-order chi connectivity index (χ0) is 17.8. The third kappa shape index (κ3) is 2.63. The van der Waals surface area contributed by atoms with Gasteiger partial charge in [-0.05, 0) is 56.7 Å². The summed E-state index contributed by atoms with van der Waals surface area (Å²) < 4.78 is 5.24. The number of ketones is 1. The van der Waals surface area contributed by atoms with Gasteiger partial charge in [0.2, 0.25) is 0 Å². The number of ether oxygens (including phenoxy) is 1. The van der Waals surface area contributed by atoms with Crippen molar-refractivity contribution in [3.8, 4) is 0 Å². The molecule has 25 heavy (non-hydrogen) atoms. The Hall–Kier alpha value is -1.33. The fraction of sp³-hybridized carbons (Fsp3) is 0.500. The molecule has 0 N–H and O–H groups in total. The topological polar surface area (TPSA) is 43.4 Å². The molecule has 0 saturated carbocycles. The minimum atomic E-state index is -0.197. The molecule has 0 spiro atoms. The molecule has 0 radical (unpaired) electrons. The first-order valence-corrected chi connectivity index (χ1v) is 10.6. The van der Waals surface area contributed by atoms with Crippen molar-refractivity contribution in [3.63, 3.8) is 0 Å². The summed E-state index contributed by atoms with van der Waals surface area (Å²) in [6, 6.07) is 2.11. The lowest BCUT2D eigenvalue weighted by Crippen LogP contribution is -2.27. The Morgan fingerprint density at radius 1 is 1.36 bits per heavy atom. The highest BCUT2D eigenvalue weighted by molar-refractivity contribution is 8.04. The van der Waals surface area contributed by atoms with Gasteiger partial charge in [0.25, 0.3) is 0 Å². The van der Waals surface area contributed by atoms with Crippen LogP contribution in [0.4, 0.5) is 0 Å². The summed E-state index contributed by atoms with van der Waals surface area (Å²) in [6.45, 7) is 6.17. The summed E-state index contributed by atoms with van der Waals surface area (Å²) in [5.74, 6) is -0.0526. The van der Waals surface area contributed by atoms with E-state index in [1.165, 1.54) is 21.6 Å². The summed E-state index contributed by atoms with van der Waals surface area (Å²) in [5, 5.41) is 0.301. The Morgan fingerprint density at radius 3 is 2.88 bits per heavy atom. The number of carbonyl (C=O) groups excluding carboxylic acids is 2.